The maximum Gasteiger partial charge on any atom is 0.320 e. The molecule has 1 heterocycles. The number of aromatic hydroxyl groups is 2. The number of carboxylic acids is 1. The number of carboxylic acid groups (broad SMARTS) is 1. The largest absolute Gasteiger partial charge is 0.507 e. The van der Waals surface area contributed by atoms with Crippen molar-refractivity contribution in [2.75, 3.05) is 13.7 Å². The Balaban J connectivity index is 0.000000471. The van der Waals surface area contributed by atoms with Gasteiger partial charge in [0.2, 0.25) is 11.7 Å². The zero-order chi connectivity index (χ0) is 36.5. The third-order valence-electron chi connectivity index (χ3n) is 8.82. The summed E-state index contributed by atoms with van der Waals surface area (Å²) < 4.78 is 17.0. The van der Waals surface area contributed by atoms with Crippen molar-refractivity contribution in [3.63, 3.8) is 0 Å². The summed E-state index contributed by atoms with van der Waals surface area (Å²) in [5.74, 6) is -5.42. The number of primary amides is 1. The fraction of sp³-hybridized carbons (Fsp3) is 0.469. The molecule has 0 saturated carbocycles. The highest BCUT2D eigenvalue weighted by atomic mass is 16.7. The van der Waals surface area contributed by atoms with Crippen LogP contribution in [-0.2, 0) is 30.3 Å². The van der Waals surface area contributed by atoms with Crippen molar-refractivity contribution in [1.29, 1.82) is 0 Å². The first-order valence-electron chi connectivity index (χ1n) is 15.2. The molecule has 7 atom stereocenters. The molecule has 2 aromatic rings. The smallest absolute Gasteiger partial charge is 0.320 e. The van der Waals surface area contributed by atoms with Gasteiger partial charge in [-0.1, -0.05) is 12.1 Å². The molecule has 266 valence electrons. The summed E-state index contributed by atoms with van der Waals surface area (Å²) in [5.41, 5.74) is 12.2. The van der Waals surface area contributed by atoms with Crippen LogP contribution in [0, 0.1) is 0 Å². The van der Waals surface area contributed by atoms with Crippen LogP contribution in [0.3, 0.4) is 0 Å². The van der Waals surface area contributed by atoms with Crippen molar-refractivity contribution in [1.82, 2.24) is 0 Å². The van der Waals surface area contributed by atoms with Crippen molar-refractivity contribution >= 4 is 29.2 Å². The van der Waals surface area contributed by atoms with Gasteiger partial charge in [-0.2, -0.15) is 0 Å². The lowest BCUT2D eigenvalue weighted by Gasteiger charge is -2.42. The van der Waals surface area contributed by atoms with Crippen LogP contribution in [-0.4, -0.2) is 110 Å². The van der Waals surface area contributed by atoms with Crippen LogP contribution >= 0.6 is 0 Å². The summed E-state index contributed by atoms with van der Waals surface area (Å²) >= 11 is 0. The fourth-order valence-corrected chi connectivity index (χ4v) is 6.17. The minimum absolute atomic E-state index is 0.0173. The molecule has 0 spiro atoms. The van der Waals surface area contributed by atoms with E-state index in [1.807, 2.05) is 0 Å². The predicted octanol–water partition coefficient (Wildman–Crippen LogP) is -1.33. The van der Waals surface area contributed by atoms with Crippen molar-refractivity contribution in [3.05, 3.63) is 51.6 Å². The number of aliphatic carboxylic acids is 1. The standard InChI is InChI=1S/C27H29NO11.C5H10N2O3/c1-10-22(31)13(28)6-17(38-10)39-15-8-27(36,16(30)9-29)7-12-19(15)26(35)21-20(24(12)33)23(32)11-4-3-5-14(37-2)18(11)25(21)34;6-3(5(9)10)1-2-4(7)8/h3-5,10,13,15,17,22,29,31,33,35-36H,6-9,28H2,1-2H3;3H,1-2,6H2,(H2,7,8)(H,9,10)/t10-,13-,15-,17-,22+,27-;3-/m00/s1. The number of fused-ring (bicyclic) bond motifs is 3. The molecule has 2 aromatic carbocycles. The number of carbonyl (C=O) groups excluding carboxylic acids is 4. The Bertz CT molecular complexity index is 1670. The second-order valence-corrected chi connectivity index (χ2v) is 12.1. The van der Waals surface area contributed by atoms with Gasteiger partial charge in [-0.05, 0) is 19.4 Å². The van der Waals surface area contributed by atoms with Gasteiger partial charge in [-0.25, -0.2) is 0 Å². The van der Waals surface area contributed by atoms with E-state index < -0.39 is 114 Å². The van der Waals surface area contributed by atoms with E-state index in [2.05, 4.69) is 0 Å². The highest BCUT2D eigenvalue weighted by Crippen LogP contribution is 2.52. The lowest BCUT2D eigenvalue weighted by Crippen LogP contribution is -2.53. The number of phenols is 2. The van der Waals surface area contributed by atoms with Gasteiger partial charge in [0.25, 0.3) is 0 Å². The summed E-state index contributed by atoms with van der Waals surface area (Å²) in [6.07, 6.45) is -5.00. The maximum absolute atomic E-state index is 13.6. The van der Waals surface area contributed by atoms with Crippen molar-refractivity contribution in [3.8, 4) is 17.2 Å². The molecule has 1 saturated heterocycles. The topological polar surface area (TPSA) is 312 Å². The molecule has 1 aliphatic heterocycles. The van der Waals surface area contributed by atoms with Crippen LogP contribution in [0.5, 0.6) is 17.2 Å². The molecule has 1 fully saturated rings. The lowest BCUT2D eigenvalue weighted by molar-refractivity contribution is -0.247. The molecule has 0 bridgehead atoms. The lowest BCUT2D eigenvalue weighted by atomic mass is 9.72. The zero-order valence-electron chi connectivity index (χ0n) is 26.6. The van der Waals surface area contributed by atoms with Gasteiger partial charge in [0, 0.05) is 48.4 Å². The zero-order valence-corrected chi connectivity index (χ0v) is 26.6. The average molecular weight is 690 g/mol. The minimum Gasteiger partial charge on any atom is -0.507 e. The Hall–Kier alpha value is -4.49. The first kappa shape index (κ1) is 37.3. The van der Waals surface area contributed by atoms with Crippen molar-refractivity contribution in [2.45, 2.75) is 81.3 Å². The minimum atomic E-state index is -2.24. The first-order chi connectivity index (χ1) is 23.0. The summed E-state index contributed by atoms with van der Waals surface area (Å²) in [5, 5.41) is 61.9. The number of methoxy groups -OCH3 is 1. The van der Waals surface area contributed by atoms with E-state index >= 15 is 0 Å². The number of rotatable bonds is 9. The summed E-state index contributed by atoms with van der Waals surface area (Å²) in [7, 11) is 1.32. The molecule has 12 N–H and O–H groups in total. The van der Waals surface area contributed by atoms with E-state index in [0.717, 1.165) is 0 Å². The highest BCUT2D eigenvalue weighted by Gasteiger charge is 2.50. The second-order valence-electron chi connectivity index (χ2n) is 12.1. The van der Waals surface area contributed by atoms with E-state index in [1.165, 1.54) is 25.3 Å². The molecule has 0 radical (unpaired) electrons. The summed E-state index contributed by atoms with van der Waals surface area (Å²) in [4.78, 5) is 59.9. The van der Waals surface area contributed by atoms with Gasteiger partial charge in [-0.3, -0.25) is 24.0 Å². The third kappa shape index (κ3) is 7.13. The number of hydrogen-bond acceptors (Lipinski definition) is 15. The highest BCUT2D eigenvalue weighted by molar-refractivity contribution is 6.31. The number of carbonyl (C=O) groups is 5. The fourth-order valence-electron chi connectivity index (χ4n) is 6.17. The van der Waals surface area contributed by atoms with Crippen LogP contribution < -0.4 is 21.9 Å². The number of amides is 1. The Morgan fingerprint density at radius 1 is 1.10 bits per heavy atom. The number of phenolic OH excluding ortho intramolecular Hbond substituents is 2. The Morgan fingerprint density at radius 3 is 2.33 bits per heavy atom. The SMILES string of the molecule is COc1cccc2c1C(=O)c1c(O)c3c(c(O)c1C2=O)C[C@@](O)(C(=O)CO)C[C@@H]3O[C@H]1C[C@H](N)[C@H](O)[C@H](C)O1.NC(=O)CC[C@H](N)C(=O)O. The van der Waals surface area contributed by atoms with E-state index in [-0.39, 0.29) is 47.3 Å². The quantitative estimate of drug-likeness (QED) is 0.117. The molecule has 5 rings (SSSR count). The number of ketones is 3. The Labute approximate surface area is 279 Å². The molecule has 17 heteroatoms. The predicted molar refractivity (Wildman–Crippen MR) is 166 cm³/mol. The summed E-state index contributed by atoms with van der Waals surface area (Å²) in [6.45, 7) is 0.560. The molecular weight excluding hydrogens is 650 g/mol. The normalized spacial score (nSPS) is 26.3. The van der Waals surface area contributed by atoms with Gasteiger partial charge in [-0.15, -0.1) is 0 Å². The molecule has 0 aromatic heterocycles. The number of aliphatic hydroxyl groups excluding tert-OH is 2. The van der Waals surface area contributed by atoms with Crippen LogP contribution in [0.1, 0.15) is 81.7 Å². The van der Waals surface area contributed by atoms with Crippen LogP contribution in [0.25, 0.3) is 0 Å². The van der Waals surface area contributed by atoms with E-state index in [0.29, 0.717) is 0 Å². The number of aliphatic hydroxyl groups is 3. The molecule has 2 aliphatic carbocycles. The number of nitrogens with two attached hydrogens (primary N) is 3. The average Bonchev–Trinajstić information content (AvgIpc) is 3.05. The second kappa shape index (κ2) is 14.6. The molecular formula is C32H39N3O14. The Morgan fingerprint density at radius 2 is 1.76 bits per heavy atom. The number of Topliss-reactive ketones (excluding diaryl/α,β-unsaturated/α-hetero) is 1. The van der Waals surface area contributed by atoms with E-state index in [4.69, 9.17) is 36.5 Å². The van der Waals surface area contributed by atoms with Crippen molar-refractivity contribution < 1.29 is 68.8 Å². The first-order valence-corrected chi connectivity index (χ1v) is 15.2. The van der Waals surface area contributed by atoms with Gasteiger partial charge in [0.15, 0.2) is 17.9 Å². The molecule has 49 heavy (non-hydrogen) atoms. The van der Waals surface area contributed by atoms with Gasteiger partial charge in [0.05, 0.1) is 42.1 Å². The number of ether oxygens (including phenoxy) is 3. The number of benzene rings is 2. The Kier molecular flexibility index (Phi) is 11.1. The molecule has 0 unspecified atom stereocenters. The third-order valence-corrected chi connectivity index (χ3v) is 8.82. The van der Waals surface area contributed by atoms with E-state index in [1.54, 1.807) is 6.92 Å². The monoisotopic (exact) mass is 689 g/mol. The molecule has 3 aliphatic rings. The molecule has 17 nitrogen and oxygen atoms in total. The van der Waals surface area contributed by atoms with E-state index in [9.17, 15) is 49.5 Å². The van der Waals surface area contributed by atoms with Crippen LogP contribution in [0.4, 0.5) is 0 Å². The maximum atomic E-state index is 13.6. The number of hydrogen-bond donors (Lipinski definition) is 9. The summed E-state index contributed by atoms with van der Waals surface area (Å²) in [6, 6.07) is 2.66. The van der Waals surface area contributed by atoms with Gasteiger partial charge >= 0.3 is 5.97 Å². The van der Waals surface area contributed by atoms with Crippen LogP contribution in [0.2, 0.25) is 0 Å². The van der Waals surface area contributed by atoms with Gasteiger partial charge < -0.3 is 62.1 Å². The molecule has 1 amide bonds. The van der Waals surface area contributed by atoms with Crippen LogP contribution in [0.15, 0.2) is 18.2 Å². The van der Waals surface area contributed by atoms with Gasteiger partial charge in [0.1, 0.15) is 35.5 Å². The van der Waals surface area contributed by atoms with Crippen molar-refractivity contribution in [2.24, 2.45) is 17.2 Å².